The molecule has 0 heterocycles. The summed E-state index contributed by atoms with van der Waals surface area (Å²) in [5.74, 6) is 0. The Balaban J connectivity index is -0.000000130. The average Bonchev–Trinajstić information content (AvgIpc) is 2.44. The molecule has 0 spiro atoms. The molecule has 0 rings (SSSR count). The summed E-state index contributed by atoms with van der Waals surface area (Å²) in [4.78, 5) is 84.8. The maximum absolute atomic E-state index is 10.5. The standard InChI is InChI=1S/C6H20N2O16P4.8H3N/c9-25(10,11)21-3-7(4-22-26(12,13)14)1-2-8(5-23-27(15,16)17)6-24-28(18,19)20;;;;;;;;/h1-6H2,(H2,9,10,11)(H2,12,13,14)(H2,15,16,17)(H2,18,19,20);8*1H3. The molecule has 0 atom stereocenters. The Morgan fingerprint density at radius 3 is 0.639 bits per heavy atom. The summed E-state index contributed by atoms with van der Waals surface area (Å²) < 4.78 is 57.2. The van der Waals surface area contributed by atoms with Crippen molar-refractivity contribution in [3.63, 3.8) is 0 Å². The maximum atomic E-state index is 10.5. The molecule has 32 N–H and O–H groups in total. The second-order valence-corrected chi connectivity index (χ2v) is 9.22. The van der Waals surface area contributed by atoms with Crippen LogP contribution in [0.3, 0.4) is 0 Å². The fourth-order valence-electron chi connectivity index (χ4n) is 1.23. The molecule has 0 aromatic rings. The minimum Gasteiger partial charge on any atom is -0.790 e. The van der Waals surface area contributed by atoms with Crippen LogP contribution in [0.2, 0.25) is 0 Å². The number of nitrogens with zero attached hydrogens (tertiary/aromatic N) is 2. The number of rotatable bonds is 15. The van der Waals surface area contributed by atoms with Crippen molar-refractivity contribution in [1.82, 2.24) is 59.0 Å². The Kier molecular flexibility index (Phi) is 42.6. The lowest BCUT2D eigenvalue weighted by atomic mass is 10.5. The molecule has 0 aliphatic heterocycles. The highest BCUT2D eigenvalue weighted by Crippen LogP contribution is 2.28. The van der Waals surface area contributed by atoms with Gasteiger partial charge in [0.2, 0.25) is 0 Å². The topological polar surface area (TPSA) is 588 Å². The van der Waals surface area contributed by atoms with Gasteiger partial charge in [0, 0.05) is 13.1 Å². The quantitative estimate of drug-likeness (QED) is 0.0623. The molecule has 0 saturated carbocycles. The Morgan fingerprint density at radius 1 is 0.389 bits per heavy atom. The first-order chi connectivity index (χ1) is 12.4. The highest BCUT2D eigenvalue weighted by Gasteiger charge is 2.13. The summed E-state index contributed by atoms with van der Waals surface area (Å²) in [7, 11) is -22.1. The van der Waals surface area contributed by atoms with Gasteiger partial charge in [0.25, 0.3) is 0 Å². The van der Waals surface area contributed by atoms with Crippen LogP contribution in [0.25, 0.3) is 0 Å². The fraction of sp³-hybridized carbons (Fsp3) is 1.00. The molecule has 0 aliphatic rings. The van der Waals surface area contributed by atoms with Gasteiger partial charge in [-0.25, -0.2) is 0 Å². The van der Waals surface area contributed by atoms with E-state index < -0.39 is 71.3 Å². The SMILES string of the molecule is O=P([O-])([O-])OCN(CCN(COP(=O)([O-])[O-])COP(=O)([O-])[O-])COP(=O)([O-])[O-].[NH4+].[NH4+].[NH4+].[NH4+].[NH4+].[NH4+].[NH4+].[NH4+]. The van der Waals surface area contributed by atoms with Crippen molar-refractivity contribution in [3.05, 3.63) is 0 Å². The number of phosphoric acid groups is 4. The van der Waals surface area contributed by atoms with Crippen molar-refractivity contribution in [2.75, 3.05) is 40.0 Å². The normalized spacial score (nSPS) is 11.1. The lowest BCUT2D eigenvalue weighted by Gasteiger charge is -2.37. The molecule has 0 aliphatic carbocycles. The van der Waals surface area contributed by atoms with E-state index >= 15 is 0 Å². The van der Waals surface area contributed by atoms with Crippen molar-refractivity contribution in [2.24, 2.45) is 0 Å². The summed E-state index contributed by atoms with van der Waals surface area (Å²) in [6, 6.07) is 0. The van der Waals surface area contributed by atoms with Gasteiger partial charge in [-0.05, 0) is 0 Å². The van der Waals surface area contributed by atoms with Gasteiger partial charge in [-0.3, -0.25) is 9.80 Å². The van der Waals surface area contributed by atoms with Crippen molar-refractivity contribution >= 4 is 31.3 Å². The molecule has 234 valence electrons. The smallest absolute Gasteiger partial charge is 0.106 e. The van der Waals surface area contributed by atoms with Gasteiger partial charge in [-0.1, -0.05) is 0 Å². The second-order valence-electron chi connectivity index (χ2n) is 4.61. The molecule has 0 aromatic carbocycles. The van der Waals surface area contributed by atoms with Gasteiger partial charge in [0.15, 0.2) is 0 Å². The van der Waals surface area contributed by atoms with Gasteiger partial charge in [0.05, 0.1) is 31.3 Å². The van der Waals surface area contributed by atoms with Crippen LogP contribution in [0, 0.1) is 0 Å². The third-order valence-corrected chi connectivity index (χ3v) is 4.05. The number of phosphoric ester groups is 4. The number of quaternary nitrogens is 8. The van der Waals surface area contributed by atoms with E-state index in [1.807, 2.05) is 0 Å². The van der Waals surface area contributed by atoms with Crippen molar-refractivity contribution in [2.45, 2.75) is 0 Å². The van der Waals surface area contributed by atoms with Crippen LogP contribution >= 0.6 is 31.3 Å². The summed E-state index contributed by atoms with van der Waals surface area (Å²) in [6.45, 7) is -5.66. The van der Waals surface area contributed by atoms with Gasteiger partial charge in [0.1, 0.15) is 26.9 Å². The Bertz CT molecular complexity index is 560. The van der Waals surface area contributed by atoms with Crippen LogP contribution in [-0.4, -0.2) is 49.8 Å². The maximum Gasteiger partial charge on any atom is 0.106 e. The van der Waals surface area contributed by atoms with Crippen LogP contribution in [0.5, 0.6) is 0 Å². The predicted octanol–water partition coefficient (Wildman–Crippen LogP) is -4.19. The average molecular weight is 636 g/mol. The number of hydrogen-bond donors (Lipinski definition) is 8. The highest BCUT2D eigenvalue weighted by molar-refractivity contribution is 7.43. The third-order valence-electron chi connectivity index (χ3n) is 2.33. The summed E-state index contributed by atoms with van der Waals surface area (Å²) in [6.07, 6.45) is 0. The van der Waals surface area contributed by atoms with E-state index in [0.29, 0.717) is 9.80 Å². The Hall–Kier alpha value is 0.0400. The van der Waals surface area contributed by atoms with E-state index in [-0.39, 0.29) is 49.2 Å². The van der Waals surface area contributed by atoms with E-state index in [2.05, 4.69) is 18.1 Å². The zero-order valence-corrected chi connectivity index (χ0v) is 25.0. The van der Waals surface area contributed by atoms with Gasteiger partial charge in [-0.15, -0.1) is 0 Å². The monoisotopic (exact) mass is 636 g/mol. The van der Waals surface area contributed by atoms with Crippen molar-refractivity contribution in [3.8, 4) is 0 Å². The van der Waals surface area contributed by atoms with Crippen LogP contribution in [0.1, 0.15) is 0 Å². The molecule has 0 saturated heterocycles. The van der Waals surface area contributed by atoms with Crippen molar-refractivity contribution in [1.29, 1.82) is 0 Å². The molecule has 30 heteroatoms. The van der Waals surface area contributed by atoms with E-state index in [1.165, 1.54) is 0 Å². The van der Waals surface area contributed by atoms with E-state index in [1.54, 1.807) is 0 Å². The molecule has 0 aromatic heterocycles. The van der Waals surface area contributed by atoms with Crippen LogP contribution in [-0.2, 0) is 36.4 Å². The van der Waals surface area contributed by atoms with Gasteiger partial charge < -0.3 is 125 Å². The third kappa shape index (κ3) is 44.1. The van der Waals surface area contributed by atoms with E-state index in [4.69, 9.17) is 0 Å². The first-order valence-electron chi connectivity index (χ1n) is 6.47. The van der Waals surface area contributed by atoms with Crippen molar-refractivity contribution < 1.29 is 75.5 Å². The van der Waals surface area contributed by atoms with Crippen LogP contribution in [0.15, 0.2) is 0 Å². The van der Waals surface area contributed by atoms with Crippen LogP contribution in [0.4, 0.5) is 0 Å². The second kappa shape index (κ2) is 25.3. The fourth-order valence-corrected chi connectivity index (χ4v) is 2.44. The van der Waals surface area contributed by atoms with E-state index in [0.717, 1.165) is 0 Å². The predicted molar refractivity (Wildman–Crippen MR) is 116 cm³/mol. The lowest BCUT2D eigenvalue weighted by Crippen LogP contribution is -2.41. The molecular weight excluding hydrogens is 592 g/mol. The highest BCUT2D eigenvalue weighted by atomic mass is 31.2. The summed E-state index contributed by atoms with van der Waals surface area (Å²) in [5, 5.41) is 0. The molecule has 0 bridgehead atoms. The summed E-state index contributed by atoms with van der Waals surface area (Å²) in [5.41, 5.74) is 0. The Morgan fingerprint density at radius 2 is 0.528 bits per heavy atom. The Labute approximate surface area is 206 Å². The molecule has 36 heavy (non-hydrogen) atoms. The first kappa shape index (κ1) is 60.5. The number of hydrogen-bond acceptors (Lipinski definition) is 18. The zero-order valence-electron chi connectivity index (χ0n) is 21.5. The minimum absolute atomic E-state index is 0. The molecular formula is C6H44N10O16P4. The molecule has 26 nitrogen and oxygen atoms in total. The largest absolute Gasteiger partial charge is 0.790 e. The van der Waals surface area contributed by atoms with Gasteiger partial charge in [-0.2, -0.15) is 0 Å². The molecule has 0 unspecified atom stereocenters. The van der Waals surface area contributed by atoms with Gasteiger partial charge >= 0.3 is 0 Å². The first-order valence-corrected chi connectivity index (χ1v) is 12.3. The summed E-state index contributed by atoms with van der Waals surface area (Å²) >= 11 is 0. The lowest BCUT2D eigenvalue weighted by molar-refractivity contribution is -0.351. The minimum atomic E-state index is -5.53. The molecule has 0 amide bonds. The zero-order chi connectivity index (χ0) is 22.2. The van der Waals surface area contributed by atoms with E-state index in [9.17, 15) is 57.4 Å². The van der Waals surface area contributed by atoms with Crippen LogP contribution < -0.4 is 88.4 Å². The molecule has 0 radical (unpaired) electrons. The molecule has 0 fully saturated rings.